The van der Waals surface area contributed by atoms with Crippen LogP contribution in [0.5, 0.6) is 0 Å². The van der Waals surface area contributed by atoms with Gasteiger partial charge in [0, 0.05) is 24.7 Å². The predicted molar refractivity (Wildman–Crippen MR) is 71.2 cm³/mol. The van der Waals surface area contributed by atoms with E-state index in [4.69, 9.17) is 0 Å². The minimum absolute atomic E-state index is 0.558. The SMILES string of the molecule is CC1c2cccc3c2C(CN1C)N(C)C(C)C3. The fourth-order valence-corrected chi connectivity index (χ4v) is 3.44. The van der Waals surface area contributed by atoms with Gasteiger partial charge in [-0.2, -0.15) is 0 Å². The van der Waals surface area contributed by atoms with Gasteiger partial charge in [0.2, 0.25) is 0 Å². The third-order valence-corrected chi connectivity index (χ3v) is 4.84. The molecule has 0 radical (unpaired) electrons. The summed E-state index contributed by atoms with van der Waals surface area (Å²) < 4.78 is 0. The van der Waals surface area contributed by atoms with Crippen molar-refractivity contribution >= 4 is 0 Å². The fourth-order valence-electron chi connectivity index (χ4n) is 3.44. The summed E-state index contributed by atoms with van der Waals surface area (Å²) in [5.74, 6) is 0. The third-order valence-electron chi connectivity index (χ3n) is 4.84. The van der Waals surface area contributed by atoms with Gasteiger partial charge in [0.1, 0.15) is 0 Å². The Kier molecular flexibility index (Phi) is 2.53. The van der Waals surface area contributed by atoms with Gasteiger partial charge >= 0.3 is 0 Å². The van der Waals surface area contributed by atoms with E-state index in [0.717, 1.165) is 6.54 Å². The van der Waals surface area contributed by atoms with Crippen molar-refractivity contribution in [2.75, 3.05) is 20.6 Å². The maximum absolute atomic E-state index is 2.55. The molecule has 17 heavy (non-hydrogen) atoms. The van der Waals surface area contributed by atoms with Crippen LogP contribution in [0.1, 0.15) is 42.6 Å². The van der Waals surface area contributed by atoms with E-state index in [-0.39, 0.29) is 0 Å². The van der Waals surface area contributed by atoms with E-state index < -0.39 is 0 Å². The van der Waals surface area contributed by atoms with Crippen LogP contribution in [0.4, 0.5) is 0 Å². The minimum atomic E-state index is 0.558. The number of hydrogen-bond donors (Lipinski definition) is 0. The Morgan fingerprint density at radius 3 is 2.71 bits per heavy atom. The molecule has 0 aliphatic carbocycles. The van der Waals surface area contributed by atoms with Crippen LogP contribution >= 0.6 is 0 Å². The first-order valence-corrected chi connectivity index (χ1v) is 6.63. The standard InChI is InChI=1S/C15H22N2/c1-10-8-12-6-5-7-13-11(2)16(3)9-14(15(12)13)17(10)4/h5-7,10-11,14H,8-9H2,1-4H3. The second-order valence-corrected chi connectivity index (χ2v) is 5.77. The summed E-state index contributed by atoms with van der Waals surface area (Å²) >= 11 is 0. The lowest BCUT2D eigenvalue weighted by molar-refractivity contribution is 0.0954. The van der Waals surface area contributed by atoms with Crippen LogP contribution in [0.15, 0.2) is 18.2 Å². The largest absolute Gasteiger partial charge is 0.298 e. The van der Waals surface area contributed by atoms with Gasteiger partial charge < -0.3 is 0 Å². The van der Waals surface area contributed by atoms with Crippen molar-refractivity contribution in [1.29, 1.82) is 0 Å². The summed E-state index contributed by atoms with van der Waals surface area (Å²) in [6.07, 6.45) is 1.20. The highest BCUT2D eigenvalue weighted by Crippen LogP contribution is 2.42. The monoisotopic (exact) mass is 230 g/mol. The van der Waals surface area contributed by atoms with E-state index in [1.54, 1.807) is 16.7 Å². The van der Waals surface area contributed by atoms with E-state index in [0.29, 0.717) is 18.1 Å². The van der Waals surface area contributed by atoms with Crippen LogP contribution in [0.3, 0.4) is 0 Å². The van der Waals surface area contributed by atoms with Crippen molar-refractivity contribution < 1.29 is 0 Å². The molecule has 92 valence electrons. The second-order valence-electron chi connectivity index (χ2n) is 5.77. The van der Waals surface area contributed by atoms with Gasteiger partial charge in [-0.3, -0.25) is 9.80 Å². The first-order chi connectivity index (χ1) is 8.09. The van der Waals surface area contributed by atoms with E-state index in [9.17, 15) is 0 Å². The smallest absolute Gasteiger partial charge is 0.0481 e. The van der Waals surface area contributed by atoms with Crippen LogP contribution in [0.2, 0.25) is 0 Å². The number of nitrogens with zero attached hydrogens (tertiary/aromatic N) is 2. The summed E-state index contributed by atoms with van der Waals surface area (Å²) in [5.41, 5.74) is 4.75. The van der Waals surface area contributed by atoms with Crippen molar-refractivity contribution in [2.24, 2.45) is 0 Å². The van der Waals surface area contributed by atoms with Crippen molar-refractivity contribution in [3.05, 3.63) is 34.9 Å². The maximum atomic E-state index is 2.55. The highest BCUT2D eigenvalue weighted by Gasteiger charge is 2.37. The molecule has 0 saturated carbocycles. The van der Waals surface area contributed by atoms with Crippen LogP contribution < -0.4 is 0 Å². The number of benzene rings is 1. The van der Waals surface area contributed by atoms with Crippen molar-refractivity contribution in [2.45, 2.75) is 38.4 Å². The Bertz CT molecular complexity index is 441. The summed E-state index contributed by atoms with van der Waals surface area (Å²) in [6.45, 7) is 5.82. The highest BCUT2D eigenvalue weighted by atomic mass is 15.2. The number of rotatable bonds is 0. The Balaban J connectivity index is 2.17. The zero-order valence-electron chi connectivity index (χ0n) is 11.3. The molecule has 2 heterocycles. The molecule has 3 rings (SSSR count). The van der Waals surface area contributed by atoms with Crippen molar-refractivity contribution in [1.82, 2.24) is 9.80 Å². The normalized spacial score (nSPS) is 33.5. The molecule has 0 fully saturated rings. The second kappa shape index (κ2) is 3.82. The number of likely N-dealkylation sites (N-methyl/N-ethyl adjacent to an activating group) is 2. The van der Waals surface area contributed by atoms with Gasteiger partial charge in [-0.1, -0.05) is 18.2 Å². The molecule has 2 heteroatoms. The zero-order chi connectivity index (χ0) is 12.2. The Labute approximate surface area is 104 Å². The summed E-state index contributed by atoms with van der Waals surface area (Å²) in [6, 6.07) is 8.68. The lowest BCUT2D eigenvalue weighted by Gasteiger charge is -2.47. The molecular formula is C15H22N2. The topological polar surface area (TPSA) is 6.48 Å². The Morgan fingerprint density at radius 1 is 1.18 bits per heavy atom. The molecular weight excluding hydrogens is 208 g/mol. The van der Waals surface area contributed by atoms with Gasteiger partial charge in [0.05, 0.1) is 0 Å². The predicted octanol–water partition coefficient (Wildman–Crippen LogP) is 2.61. The molecule has 0 bridgehead atoms. The maximum Gasteiger partial charge on any atom is 0.0481 e. The van der Waals surface area contributed by atoms with Crippen LogP contribution in [-0.2, 0) is 6.42 Å². The fraction of sp³-hybridized carbons (Fsp3) is 0.600. The molecule has 0 N–H and O–H groups in total. The van der Waals surface area contributed by atoms with Crippen LogP contribution in [0.25, 0.3) is 0 Å². The molecule has 3 atom stereocenters. The van der Waals surface area contributed by atoms with Gasteiger partial charge in [0.25, 0.3) is 0 Å². The molecule has 0 aromatic heterocycles. The molecule has 2 aliphatic heterocycles. The first kappa shape index (κ1) is 11.2. The average molecular weight is 230 g/mol. The van der Waals surface area contributed by atoms with Crippen LogP contribution in [0, 0.1) is 0 Å². The average Bonchev–Trinajstić information content (AvgIpc) is 2.31. The Hall–Kier alpha value is -0.860. The van der Waals surface area contributed by atoms with E-state index in [1.165, 1.54) is 6.42 Å². The quantitative estimate of drug-likeness (QED) is 0.676. The lowest BCUT2D eigenvalue weighted by atomic mass is 9.81. The first-order valence-electron chi connectivity index (χ1n) is 6.63. The number of hydrogen-bond acceptors (Lipinski definition) is 2. The van der Waals surface area contributed by atoms with Gasteiger partial charge in [-0.15, -0.1) is 0 Å². The molecule has 2 nitrogen and oxygen atoms in total. The Morgan fingerprint density at radius 2 is 1.94 bits per heavy atom. The van der Waals surface area contributed by atoms with E-state index in [2.05, 4.69) is 55.9 Å². The van der Waals surface area contributed by atoms with Crippen molar-refractivity contribution in [3.63, 3.8) is 0 Å². The van der Waals surface area contributed by atoms with Crippen LogP contribution in [-0.4, -0.2) is 36.5 Å². The molecule has 1 aromatic carbocycles. The van der Waals surface area contributed by atoms with Gasteiger partial charge in [-0.25, -0.2) is 0 Å². The molecule has 2 aliphatic rings. The van der Waals surface area contributed by atoms with Gasteiger partial charge in [0.15, 0.2) is 0 Å². The molecule has 0 spiro atoms. The molecule has 0 saturated heterocycles. The van der Waals surface area contributed by atoms with Gasteiger partial charge in [-0.05, 0) is 51.1 Å². The molecule has 3 unspecified atom stereocenters. The summed E-state index contributed by atoms with van der Waals surface area (Å²) in [4.78, 5) is 5.03. The molecule has 1 aromatic rings. The third kappa shape index (κ3) is 1.54. The van der Waals surface area contributed by atoms with E-state index >= 15 is 0 Å². The minimum Gasteiger partial charge on any atom is -0.298 e. The highest BCUT2D eigenvalue weighted by molar-refractivity contribution is 5.43. The summed E-state index contributed by atoms with van der Waals surface area (Å²) in [7, 11) is 4.52. The van der Waals surface area contributed by atoms with Crippen molar-refractivity contribution in [3.8, 4) is 0 Å². The summed E-state index contributed by atoms with van der Waals surface area (Å²) in [5, 5.41) is 0. The van der Waals surface area contributed by atoms with E-state index in [1.807, 2.05) is 0 Å². The molecule has 0 amide bonds. The lowest BCUT2D eigenvalue weighted by Crippen LogP contribution is -2.47. The zero-order valence-corrected chi connectivity index (χ0v) is 11.3.